The van der Waals surface area contributed by atoms with Gasteiger partial charge in [0.1, 0.15) is 24.4 Å². The van der Waals surface area contributed by atoms with E-state index in [1.54, 1.807) is 0 Å². The standard InChI is InChI=1S/C6H12O5/c7-1-3-5(9)6(10)4(2-8)11-3/h3-10H,1-2H2/t3-,4?,5-,6-/m1/s1. The Balaban J connectivity index is 2.53. The molecule has 4 atom stereocenters. The van der Waals surface area contributed by atoms with Crippen LogP contribution in [0.2, 0.25) is 0 Å². The van der Waals surface area contributed by atoms with Crippen LogP contribution in [0.15, 0.2) is 0 Å². The van der Waals surface area contributed by atoms with Gasteiger partial charge in [-0.2, -0.15) is 0 Å². The second-order valence-corrected chi connectivity index (χ2v) is 2.56. The van der Waals surface area contributed by atoms with Crippen molar-refractivity contribution in [2.45, 2.75) is 24.4 Å². The van der Waals surface area contributed by atoms with Gasteiger partial charge in [0.25, 0.3) is 0 Å². The van der Waals surface area contributed by atoms with E-state index in [4.69, 9.17) is 25.2 Å². The van der Waals surface area contributed by atoms with Crippen molar-refractivity contribution in [2.24, 2.45) is 0 Å². The summed E-state index contributed by atoms with van der Waals surface area (Å²) in [6.07, 6.45) is -3.75. The van der Waals surface area contributed by atoms with E-state index in [1.165, 1.54) is 0 Å². The minimum Gasteiger partial charge on any atom is -0.394 e. The van der Waals surface area contributed by atoms with Crippen LogP contribution < -0.4 is 0 Å². The third kappa shape index (κ3) is 1.52. The molecule has 0 aromatic heterocycles. The van der Waals surface area contributed by atoms with Gasteiger partial charge < -0.3 is 25.2 Å². The van der Waals surface area contributed by atoms with E-state index in [9.17, 15) is 0 Å². The maximum Gasteiger partial charge on any atom is 0.111 e. The van der Waals surface area contributed by atoms with Crippen LogP contribution in [-0.4, -0.2) is 58.1 Å². The molecule has 0 aliphatic carbocycles. The number of aliphatic hydroxyl groups excluding tert-OH is 4. The minimum absolute atomic E-state index is 0.352. The van der Waals surface area contributed by atoms with Crippen molar-refractivity contribution in [2.75, 3.05) is 13.2 Å². The van der Waals surface area contributed by atoms with Crippen molar-refractivity contribution < 1.29 is 25.2 Å². The fourth-order valence-corrected chi connectivity index (χ4v) is 1.13. The molecule has 4 N–H and O–H groups in total. The van der Waals surface area contributed by atoms with Gasteiger partial charge in [-0.05, 0) is 0 Å². The molecule has 1 aliphatic heterocycles. The molecule has 11 heavy (non-hydrogen) atoms. The number of ether oxygens (including phenoxy) is 1. The van der Waals surface area contributed by atoms with Crippen molar-refractivity contribution in [3.8, 4) is 0 Å². The first-order valence-corrected chi connectivity index (χ1v) is 3.44. The Hall–Kier alpha value is -0.200. The Labute approximate surface area is 63.8 Å². The molecule has 0 radical (unpaired) electrons. The maximum absolute atomic E-state index is 9.11. The lowest BCUT2D eigenvalue weighted by Crippen LogP contribution is -2.34. The van der Waals surface area contributed by atoms with Gasteiger partial charge in [0, 0.05) is 0 Å². The monoisotopic (exact) mass is 164 g/mol. The Bertz CT molecular complexity index is 110. The highest BCUT2D eigenvalue weighted by Gasteiger charge is 2.41. The van der Waals surface area contributed by atoms with Gasteiger partial charge >= 0.3 is 0 Å². The molecular formula is C6H12O5. The van der Waals surface area contributed by atoms with E-state index in [0.29, 0.717) is 0 Å². The van der Waals surface area contributed by atoms with Crippen molar-refractivity contribution >= 4 is 0 Å². The van der Waals surface area contributed by atoms with Gasteiger partial charge in [0.2, 0.25) is 0 Å². The summed E-state index contributed by atoms with van der Waals surface area (Å²) in [5, 5.41) is 35.4. The molecule has 1 unspecified atom stereocenters. The summed E-state index contributed by atoms with van der Waals surface area (Å²) in [7, 11) is 0. The number of hydrogen-bond acceptors (Lipinski definition) is 5. The lowest BCUT2D eigenvalue weighted by molar-refractivity contribution is -0.0395. The normalized spacial score (nSPS) is 44.7. The fourth-order valence-electron chi connectivity index (χ4n) is 1.13. The highest BCUT2D eigenvalue weighted by Crippen LogP contribution is 2.20. The molecule has 1 saturated heterocycles. The van der Waals surface area contributed by atoms with Gasteiger partial charge in [-0.1, -0.05) is 0 Å². The van der Waals surface area contributed by atoms with Gasteiger partial charge in [-0.3, -0.25) is 0 Å². The summed E-state index contributed by atoms with van der Waals surface area (Å²) in [5.74, 6) is 0. The minimum atomic E-state index is -1.10. The molecule has 1 fully saturated rings. The molecule has 0 aromatic rings. The SMILES string of the molecule is OCC1O[C@H](CO)[C@@H](O)[C@@H]1O. The predicted molar refractivity (Wildman–Crippen MR) is 34.8 cm³/mol. The van der Waals surface area contributed by atoms with E-state index in [0.717, 1.165) is 0 Å². The molecule has 1 aliphatic rings. The van der Waals surface area contributed by atoms with Crippen molar-refractivity contribution in [1.29, 1.82) is 0 Å². The Morgan fingerprint density at radius 1 is 0.909 bits per heavy atom. The smallest absolute Gasteiger partial charge is 0.111 e. The zero-order valence-corrected chi connectivity index (χ0v) is 5.92. The summed E-state index contributed by atoms with van der Waals surface area (Å²) < 4.78 is 4.88. The summed E-state index contributed by atoms with van der Waals surface area (Å²) in [5.41, 5.74) is 0. The van der Waals surface area contributed by atoms with Crippen LogP contribution in [-0.2, 0) is 4.74 Å². The summed E-state index contributed by atoms with van der Waals surface area (Å²) in [6, 6.07) is 0. The molecule has 0 spiro atoms. The van der Waals surface area contributed by atoms with Gasteiger partial charge in [-0.15, -0.1) is 0 Å². The van der Waals surface area contributed by atoms with Crippen molar-refractivity contribution in [1.82, 2.24) is 0 Å². The van der Waals surface area contributed by atoms with Crippen LogP contribution in [0.5, 0.6) is 0 Å². The topological polar surface area (TPSA) is 90.2 Å². The molecule has 1 heterocycles. The average Bonchev–Trinajstić information content (AvgIpc) is 2.30. The molecule has 0 amide bonds. The van der Waals surface area contributed by atoms with Crippen molar-refractivity contribution in [3.05, 3.63) is 0 Å². The number of aliphatic hydroxyl groups is 4. The molecule has 0 saturated carbocycles. The molecular weight excluding hydrogens is 152 g/mol. The van der Waals surface area contributed by atoms with Crippen LogP contribution in [0, 0.1) is 0 Å². The fraction of sp³-hybridized carbons (Fsp3) is 1.00. The molecule has 1 rings (SSSR count). The maximum atomic E-state index is 9.11. The lowest BCUT2D eigenvalue weighted by atomic mass is 10.1. The summed E-state index contributed by atoms with van der Waals surface area (Å²) in [4.78, 5) is 0. The van der Waals surface area contributed by atoms with Gasteiger partial charge in [0.05, 0.1) is 13.2 Å². The van der Waals surface area contributed by atoms with Crippen molar-refractivity contribution in [3.63, 3.8) is 0 Å². The highest BCUT2D eigenvalue weighted by molar-refractivity contribution is 4.89. The Morgan fingerprint density at radius 2 is 1.27 bits per heavy atom. The average molecular weight is 164 g/mol. The molecule has 0 bridgehead atoms. The number of rotatable bonds is 2. The zero-order chi connectivity index (χ0) is 8.43. The van der Waals surface area contributed by atoms with E-state index in [-0.39, 0.29) is 13.2 Å². The van der Waals surface area contributed by atoms with Crippen LogP contribution in [0.4, 0.5) is 0 Å². The third-order valence-electron chi connectivity index (χ3n) is 1.82. The lowest BCUT2D eigenvalue weighted by Gasteiger charge is -2.10. The van der Waals surface area contributed by atoms with E-state index >= 15 is 0 Å². The van der Waals surface area contributed by atoms with Crippen LogP contribution in [0.25, 0.3) is 0 Å². The zero-order valence-electron chi connectivity index (χ0n) is 5.92. The second-order valence-electron chi connectivity index (χ2n) is 2.56. The second kappa shape index (κ2) is 3.46. The highest BCUT2D eigenvalue weighted by atomic mass is 16.6. The molecule has 66 valence electrons. The first-order valence-electron chi connectivity index (χ1n) is 3.44. The Kier molecular flexibility index (Phi) is 2.80. The predicted octanol–water partition coefficient (Wildman–Crippen LogP) is -2.54. The first kappa shape index (κ1) is 8.89. The third-order valence-corrected chi connectivity index (χ3v) is 1.82. The number of hydrogen-bond donors (Lipinski definition) is 4. The van der Waals surface area contributed by atoms with E-state index in [2.05, 4.69) is 0 Å². The van der Waals surface area contributed by atoms with E-state index in [1.807, 2.05) is 0 Å². The molecule has 0 aromatic carbocycles. The van der Waals surface area contributed by atoms with Gasteiger partial charge in [0.15, 0.2) is 0 Å². The van der Waals surface area contributed by atoms with E-state index < -0.39 is 24.4 Å². The summed E-state index contributed by atoms with van der Waals surface area (Å²) in [6.45, 7) is -0.705. The van der Waals surface area contributed by atoms with Gasteiger partial charge in [-0.25, -0.2) is 0 Å². The molecule has 5 heteroatoms. The molecule has 5 nitrogen and oxygen atoms in total. The summed E-state index contributed by atoms with van der Waals surface area (Å²) >= 11 is 0. The first-order chi connectivity index (χ1) is 5.20. The Morgan fingerprint density at radius 3 is 1.45 bits per heavy atom. The van der Waals surface area contributed by atoms with Crippen LogP contribution in [0.3, 0.4) is 0 Å². The quantitative estimate of drug-likeness (QED) is 0.361. The largest absolute Gasteiger partial charge is 0.394 e. The van der Waals surface area contributed by atoms with Crippen LogP contribution >= 0.6 is 0 Å². The van der Waals surface area contributed by atoms with Crippen LogP contribution in [0.1, 0.15) is 0 Å².